The van der Waals surface area contributed by atoms with Crippen LogP contribution in [0.2, 0.25) is 0 Å². The Bertz CT molecular complexity index is 1510. The fourth-order valence-electron chi connectivity index (χ4n) is 4.21. The van der Waals surface area contributed by atoms with Crippen molar-refractivity contribution >= 4 is 27.6 Å². The minimum absolute atomic E-state index is 0.167. The van der Waals surface area contributed by atoms with Gasteiger partial charge in [-0.3, -0.25) is 0 Å². The van der Waals surface area contributed by atoms with Gasteiger partial charge in [-0.2, -0.15) is 4.57 Å². The Morgan fingerprint density at radius 3 is 2.59 bits per heavy atom. The summed E-state index contributed by atoms with van der Waals surface area (Å²) >= 11 is 0. The Labute approximate surface area is 179 Å². The van der Waals surface area contributed by atoms with Crippen LogP contribution in [0.3, 0.4) is 0 Å². The largest absolute Gasteiger partial charge is 0.456 e. The van der Waals surface area contributed by atoms with Crippen molar-refractivity contribution in [2.24, 2.45) is 7.05 Å². The first kappa shape index (κ1) is 14.0. The van der Waals surface area contributed by atoms with Crippen molar-refractivity contribution in [3.63, 3.8) is 0 Å². The first-order valence-electron chi connectivity index (χ1n) is 12.1. The van der Waals surface area contributed by atoms with E-state index in [-0.39, 0.29) is 6.04 Å². The highest BCUT2D eigenvalue weighted by Crippen LogP contribution is 2.39. The molecule has 0 saturated heterocycles. The second-order valence-electron chi connectivity index (χ2n) is 7.73. The van der Waals surface area contributed by atoms with E-state index < -0.39 is 12.7 Å². The van der Waals surface area contributed by atoms with Gasteiger partial charge >= 0.3 is 0 Å². The standard InChI is InChI=1S/C26H27N2O/c1-14(2)24-17(5)12-22(28(8)18(24)6)25-15(3)9-10-19-20-11-16(4)21(27-7)13-23(20)29-26(19)25/h9-14H,1-6,8H3/q+1/i1D3,12D,14D. The molecular weight excluding hydrogens is 356 g/mol. The summed E-state index contributed by atoms with van der Waals surface area (Å²) in [5, 5.41) is 1.79. The van der Waals surface area contributed by atoms with Gasteiger partial charge in [0.2, 0.25) is 5.69 Å². The lowest BCUT2D eigenvalue weighted by molar-refractivity contribution is -0.667. The fourth-order valence-corrected chi connectivity index (χ4v) is 4.21. The number of aromatic nitrogens is 1. The van der Waals surface area contributed by atoms with Crippen LogP contribution in [0.25, 0.3) is 38.0 Å². The van der Waals surface area contributed by atoms with E-state index in [0.29, 0.717) is 39.4 Å². The van der Waals surface area contributed by atoms with Crippen LogP contribution in [0.4, 0.5) is 5.69 Å². The zero-order valence-electron chi connectivity index (χ0n) is 22.6. The van der Waals surface area contributed by atoms with Gasteiger partial charge in [0.25, 0.3) is 0 Å². The lowest BCUT2D eigenvalue weighted by atomic mass is 9.93. The minimum atomic E-state index is -2.55. The molecule has 0 bridgehead atoms. The van der Waals surface area contributed by atoms with Gasteiger partial charge in [-0.25, -0.2) is 4.85 Å². The van der Waals surface area contributed by atoms with Crippen LogP contribution >= 0.6 is 0 Å². The number of nitrogens with zero attached hydrogens (tertiary/aromatic N) is 2. The van der Waals surface area contributed by atoms with Crippen molar-refractivity contribution in [3.05, 3.63) is 69.7 Å². The molecule has 2 heterocycles. The number of pyridine rings is 1. The summed E-state index contributed by atoms with van der Waals surface area (Å²) in [6, 6.07) is 7.85. The van der Waals surface area contributed by atoms with E-state index in [1.807, 2.05) is 32.0 Å². The molecule has 4 aromatic rings. The highest BCUT2D eigenvalue weighted by Gasteiger charge is 2.25. The zero-order valence-corrected chi connectivity index (χ0v) is 17.6. The molecule has 0 radical (unpaired) electrons. The Morgan fingerprint density at radius 1 is 1.14 bits per heavy atom. The van der Waals surface area contributed by atoms with E-state index in [2.05, 4.69) is 4.85 Å². The molecule has 1 atom stereocenters. The summed E-state index contributed by atoms with van der Waals surface area (Å²) in [5.74, 6) is -1.86. The third kappa shape index (κ3) is 2.83. The summed E-state index contributed by atoms with van der Waals surface area (Å²) in [7, 11) is 1.80. The second kappa shape index (κ2) is 6.74. The molecule has 0 amide bonds. The third-order valence-electron chi connectivity index (χ3n) is 5.78. The van der Waals surface area contributed by atoms with Crippen molar-refractivity contribution in [1.29, 1.82) is 0 Å². The maximum atomic E-state index is 9.03. The number of hydrogen-bond acceptors (Lipinski definition) is 1. The van der Waals surface area contributed by atoms with E-state index in [0.717, 1.165) is 27.5 Å². The summed E-state index contributed by atoms with van der Waals surface area (Å²) in [5.41, 5.74) is 6.33. The van der Waals surface area contributed by atoms with Crippen LogP contribution in [-0.4, -0.2) is 0 Å². The molecule has 0 aliphatic heterocycles. The minimum Gasteiger partial charge on any atom is -0.456 e. The third-order valence-corrected chi connectivity index (χ3v) is 5.78. The van der Waals surface area contributed by atoms with Gasteiger partial charge in [0.1, 0.15) is 18.2 Å². The molecule has 2 aromatic heterocycles. The number of rotatable bonds is 2. The Kier molecular flexibility index (Phi) is 3.24. The smallest absolute Gasteiger partial charge is 0.216 e. The number of furan rings is 1. The molecule has 3 heteroatoms. The Morgan fingerprint density at radius 2 is 1.90 bits per heavy atom. The van der Waals surface area contributed by atoms with Crippen LogP contribution in [-0.2, 0) is 7.05 Å². The lowest BCUT2D eigenvalue weighted by Crippen LogP contribution is -2.37. The first-order chi connectivity index (χ1) is 15.7. The summed E-state index contributed by atoms with van der Waals surface area (Å²) in [4.78, 5) is 3.58. The molecule has 29 heavy (non-hydrogen) atoms. The maximum absolute atomic E-state index is 9.03. The molecule has 0 spiro atoms. The molecule has 3 nitrogen and oxygen atoms in total. The number of aryl methyl sites for hydroxylation is 2. The van der Waals surface area contributed by atoms with Gasteiger partial charge in [0.15, 0.2) is 11.4 Å². The number of hydrogen-bond donors (Lipinski definition) is 0. The highest BCUT2D eigenvalue weighted by atomic mass is 16.3. The van der Waals surface area contributed by atoms with Crippen LogP contribution in [0.5, 0.6) is 0 Å². The molecule has 0 saturated carbocycles. The average molecular weight is 389 g/mol. The summed E-state index contributed by atoms with van der Waals surface area (Å²) in [6.07, 6.45) is 0. The molecular formula is C26H27N2O+. The fraction of sp³-hybridized carbons (Fsp3) is 0.308. The van der Waals surface area contributed by atoms with Crippen molar-refractivity contribution in [1.82, 2.24) is 0 Å². The van der Waals surface area contributed by atoms with Crippen molar-refractivity contribution < 1.29 is 15.8 Å². The quantitative estimate of drug-likeness (QED) is 0.268. The Balaban J connectivity index is 2.12. The van der Waals surface area contributed by atoms with Crippen LogP contribution in [0.1, 0.15) is 54.5 Å². The maximum Gasteiger partial charge on any atom is 0.216 e. The molecule has 0 N–H and O–H groups in total. The van der Waals surface area contributed by atoms with E-state index in [1.54, 1.807) is 31.5 Å². The highest BCUT2D eigenvalue weighted by molar-refractivity contribution is 6.10. The van der Waals surface area contributed by atoms with E-state index in [9.17, 15) is 0 Å². The van der Waals surface area contributed by atoms with Gasteiger partial charge in [-0.1, -0.05) is 32.0 Å². The van der Waals surface area contributed by atoms with Crippen LogP contribution in [0, 0.1) is 34.3 Å². The Hall–Kier alpha value is -3.12. The molecule has 0 aliphatic rings. The van der Waals surface area contributed by atoms with Gasteiger partial charge in [0, 0.05) is 34.8 Å². The molecule has 4 rings (SSSR count). The lowest BCUT2D eigenvalue weighted by Gasteiger charge is -2.15. The number of benzene rings is 2. The van der Waals surface area contributed by atoms with Gasteiger partial charge < -0.3 is 4.42 Å². The van der Waals surface area contributed by atoms with E-state index in [4.69, 9.17) is 17.8 Å². The number of fused-ring (bicyclic) bond motifs is 3. The monoisotopic (exact) mass is 388 g/mol. The van der Waals surface area contributed by atoms with Crippen LogP contribution < -0.4 is 4.57 Å². The van der Waals surface area contributed by atoms with Gasteiger partial charge in [-0.05, 0) is 49.4 Å². The topological polar surface area (TPSA) is 21.4 Å². The van der Waals surface area contributed by atoms with E-state index in [1.165, 1.54) is 6.92 Å². The van der Waals surface area contributed by atoms with Crippen molar-refractivity contribution in [2.75, 3.05) is 0 Å². The van der Waals surface area contributed by atoms with Crippen LogP contribution in [0.15, 0.2) is 34.7 Å². The van der Waals surface area contributed by atoms with E-state index >= 15 is 0 Å². The molecule has 0 aliphatic carbocycles. The summed E-state index contributed by atoms with van der Waals surface area (Å²) in [6.45, 7) is 13.6. The predicted octanol–water partition coefficient (Wildman–Crippen LogP) is 6.99. The van der Waals surface area contributed by atoms with Crippen molar-refractivity contribution in [3.8, 4) is 11.3 Å². The van der Waals surface area contributed by atoms with Gasteiger partial charge in [-0.15, -0.1) is 0 Å². The average Bonchev–Trinajstić information content (AvgIpc) is 3.09. The predicted molar refractivity (Wildman–Crippen MR) is 120 cm³/mol. The normalized spacial score (nSPS) is 16.5. The second-order valence-corrected chi connectivity index (χ2v) is 7.73. The first-order valence-corrected chi connectivity index (χ1v) is 9.57. The summed E-state index contributed by atoms with van der Waals surface area (Å²) < 4.78 is 49.5. The molecule has 1 unspecified atom stereocenters. The molecule has 2 aromatic carbocycles. The zero-order chi connectivity index (χ0) is 25.3. The van der Waals surface area contributed by atoms with Crippen molar-refractivity contribution in [2.45, 2.75) is 47.4 Å². The van der Waals surface area contributed by atoms with Gasteiger partial charge in [0.05, 0.1) is 13.5 Å². The SMILES string of the molecule is [2H]c1c(C)c(C([2H])(C)C([2H])([2H])[2H])c(C)[n+](C)c1-c1c(C)ccc2c1oc1cc([N+]#[C-])c(C)cc12. The molecule has 0 fully saturated rings. The molecule has 146 valence electrons.